The van der Waals surface area contributed by atoms with E-state index < -0.39 is 5.97 Å². The van der Waals surface area contributed by atoms with Gasteiger partial charge in [-0.1, -0.05) is 30.0 Å². The number of para-hydroxylation sites is 1. The molecule has 0 unspecified atom stereocenters. The highest BCUT2D eigenvalue weighted by Gasteiger charge is 2.13. The van der Waals surface area contributed by atoms with Gasteiger partial charge in [-0.2, -0.15) is 0 Å². The van der Waals surface area contributed by atoms with Gasteiger partial charge in [-0.05, 0) is 36.4 Å². The number of rotatable bonds is 5. The number of hydrogen-bond acceptors (Lipinski definition) is 4. The van der Waals surface area contributed by atoms with E-state index in [2.05, 4.69) is 11.6 Å². The Hall–Kier alpha value is -2.86. The Morgan fingerprint density at radius 2 is 1.92 bits per heavy atom. The number of aromatic nitrogens is 2. The molecule has 1 aromatic heterocycles. The summed E-state index contributed by atoms with van der Waals surface area (Å²) in [5, 5.41) is 10.1. The van der Waals surface area contributed by atoms with Gasteiger partial charge >= 0.3 is 5.97 Å². The SMILES string of the molecule is C=CCSc1nc2ccccc2c(=O)n1-c1ccc(C(=O)O)cc1. The van der Waals surface area contributed by atoms with E-state index in [0.29, 0.717) is 27.5 Å². The standard InChI is InChI=1S/C18H14N2O3S/c1-2-11-24-18-19-15-6-4-3-5-14(15)16(21)20(18)13-9-7-12(8-10-13)17(22)23/h2-10H,1,11H2,(H,22,23). The maximum absolute atomic E-state index is 12.9. The lowest BCUT2D eigenvalue weighted by atomic mass is 10.2. The number of hydrogen-bond donors (Lipinski definition) is 1. The smallest absolute Gasteiger partial charge is 0.335 e. The van der Waals surface area contributed by atoms with E-state index in [0.717, 1.165) is 0 Å². The van der Waals surface area contributed by atoms with Gasteiger partial charge < -0.3 is 5.11 Å². The molecular weight excluding hydrogens is 324 g/mol. The maximum Gasteiger partial charge on any atom is 0.335 e. The summed E-state index contributed by atoms with van der Waals surface area (Å²) in [5.41, 5.74) is 1.19. The predicted octanol–water partition coefficient (Wildman–Crippen LogP) is 3.36. The maximum atomic E-state index is 12.9. The van der Waals surface area contributed by atoms with Crippen LogP contribution in [0, 0.1) is 0 Å². The minimum absolute atomic E-state index is 0.167. The van der Waals surface area contributed by atoms with Crippen molar-refractivity contribution in [2.45, 2.75) is 5.16 Å². The Labute approximate surface area is 142 Å². The first-order chi connectivity index (χ1) is 11.6. The lowest BCUT2D eigenvalue weighted by Gasteiger charge is -2.12. The molecule has 0 bridgehead atoms. The second-order valence-corrected chi connectivity index (χ2v) is 5.99. The fraction of sp³-hybridized carbons (Fsp3) is 0.0556. The van der Waals surface area contributed by atoms with E-state index in [1.54, 1.807) is 36.4 Å². The first-order valence-corrected chi connectivity index (χ1v) is 8.19. The van der Waals surface area contributed by atoms with Crippen molar-refractivity contribution >= 4 is 28.6 Å². The van der Waals surface area contributed by atoms with Crippen molar-refractivity contribution in [1.29, 1.82) is 0 Å². The van der Waals surface area contributed by atoms with Crippen molar-refractivity contribution < 1.29 is 9.90 Å². The minimum Gasteiger partial charge on any atom is -0.478 e. The molecule has 6 heteroatoms. The normalized spacial score (nSPS) is 10.7. The Kier molecular flexibility index (Phi) is 4.48. The van der Waals surface area contributed by atoms with Crippen molar-refractivity contribution in [3.05, 3.63) is 77.1 Å². The Morgan fingerprint density at radius 1 is 1.21 bits per heavy atom. The van der Waals surface area contributed by atoms with E-state index >= 15 is 0 Å². The molecule has 24 heavy (non-hydrogen) atoms. The van der Waals surface area contributed by atoms with Gasteiger partial charge in [-0.15, -0.1) is 6.58 Å². The number of carbonyl (C=O) groups is 1. The lowest BCUT2D eigenvalue weighted by molar-refractivity contribution is 0.0697. The summed E-state index contributed by atoms with van der Waals surface area (Å²) in [6.45, 7) is 3.69. The highest BCUT2D eigenvalue weighted by molar-refractivity contribution is 7.99. The van der Waals surface area contributed by atoms with Crippen molar-refractivity contribution in [2.75, 3.05) is 5.75 Å². The van der Waals surface area contributed by atoms with Crippen molar-refractivity contribution in [3.63, 3.8) is 0 Å². The summed E-state index contributed by atoms with van der Waals surface area (Å²) >= 11 is 1.40. The van der Waals surface area contributed by atoms with E-state index in [1.165, 1.54) is 28.5 Å². The molecule has 0 radical (unpaired) electrons. The number of carboxylic acid groups (broad SMARTS) is 1. The molecular formula is C18H14N2O3S. The Balaban J connectivity index is 2.23. The molecule has 3 aromatic rings. The number of fused-ring (bicyclic) bond motifs is 1. The van der Waals surface area contributed by atoms with Crippen molar-refractivity contribution in [3.8, 4) is 5.69 Å². The molecule has 0 saturated carbocycles. The first kappa shape index (κ1) is 16.0. The quantitative estimate of drug-likeness (QED) is 0.439. The summed E-state index contributed by atoms with van der Waals surface area (Å²) in [4.78, 5) is 28.5. The molecule has 0 aliphatic heterocycles. The van der Waals surface area contributed by atoms with Gasteiger partial charge in [-0.3, -0.25) is 9.36 Å². The largest absolute Gasteiger partial charge is 0.478 e. The van der Waals surface area contributed by atoms with Crippen LogP contribution in [0.4, 0.5) is 0 Å². The van der Waals surface area contributed by atoms with E-state index in [-0.39, 0.29) is 11.1 Å². The van der Waals surface area contributed by atoms with E-state index in [9.17, 15) is 9.59 Å². The molecule has 0 amide bonds. The third-order valence-corrected chi connectivity index (χ3v) is 4.38. The zero-order valence-electron chi connectivity index (χ0n) is 12.7. The third kappa shape index (κ3) is 2.96. The number of thioether (sulfide) groups is 1. The van der Waals surface area contributed by atoms with Crippen LogP contribution in [-0.2, 0) is 0 Å². The highest BCUT2D eigenvalue weighted by atomic mass is 32.2. The topological polar surface area (TPSA) is 72.2 Å². The predicted molar refractivity (Wildman–Crippen MR) is 95.2 cm³/mol. The molecule has 0 atom stereocenters. The molecule has 1 N–H and O–H groups in total. The molecule has 0 spiro atoms. The lowest BCUT2D eigenvalue weighted by Crippen LogP contribution is -2.21. The van der Waals surface area contributed by atoms with Crippen LogP contribution < -0.4 is 5.56 Å². The van der Waals surface area contributed by atoms with Crippen molar-refractivity contribution in [1.82, 2.24) is 9.55 Å². The average Bonchev–Trinajstić information content (AvgIpc) is 2.60. The average molecular weight is 338 g/mol. The molecule has 0 aliphatic rings. The van der Waals surface area contributed by atoms with Crippen LogP contribution in [-0.4, -0.2) is 26.4 Å². The van der Waals surface area contributed by atoms with Gasteiger partial charge in [0.15, 0.2) is 5.16 Å². The van der Waals surface area contributed by atoms with E-state index in [1.807, 2.05) is 6.07 Å². The summed E-state index contributed by atoms with van der Waals surface area (Å²) in [6.07, 6.45) is 1.74. The molecule has 5 nitrogen and oxygen atoms in total. The minimum atomic E-state index is -1.01. The molecule has 1 heterocycles. The van der Waals surface area contributed by atoms with Crippen LogP contribution >= 0.6 is 11.8 Å². The third-order valence-electron chi connectivity index (χ3n) is 3.45. The molecule has 2 aromatic carbocycles. The van der Waals surface area contributed by atoms with Crippen LogP contribution in [0.1, 0.15) is 10.4 Å². The number of carboxylic acids is 1. The van der Waals surface area contributed by atoms with Crippen LogP contribution in [0.25, 0.3) is 16.6 Å². The molecule has 0 fully saturated rings. The van der Waals surface area contributed by atoms with Gasteiger partial charge in [0.1, 0.15) is 0 Å². The van der Waals surface area contributed by atoms with Crippen LogP contribution in [0.15, 0.2) is 71.1 Å². The number of benzene rings is 2. The molecule has 0 saturated heterocycles. The molecule has 3 rings (SSSR count). The van der Waals surface area contributed by atoms with Gasteiger partial charge in [0.05, 0.1) is 22.2 Å². The van der Waals surface area contributed by atoms with Gasteiger partial charge in [-0.25, -0.2) is 9.78 Å². The highest BCUT2D eigenvalue weighted by Crippen LogP contribution is 2.21. The zero-order chi connectivity index (χ0) is 17.1. The summed E-state index contributed by atoms with van der Waals surface area (Å²) in [6, 6.07) is 13.3. The van der Waals surface area contributed by atoms with Crippen LogP contribution in [0.5, 0.6) is 0 Å². The second kappa shape index (κ2) is 6.72. The Morgan fingerprint density at radius 3 is 2.58 bits per heavy atom. The van der Waals surface area contributed by atoms with Crippen LogP contribution in [0.3, 0.4) is 0 Å². The summed E-state index contributed by atoms with van der Waals surface area (Å²) in [5.74, 6) is -0.398. The van der Waals surface area contributed by atoms with Gasteiger partial charge in [0, 0.05) is 5.75 Å². The van der Waals surface area contributed by atoms with Crippen molar-refractivity contribution in [2.24, 2.45) is 0 Å². The van der Waals surface area contributed by atoms with Gasteiger partial charge in [0.2, 0.25) is 0 Å². The van der Waals surface area contributed by atoms with Gasteiger partial charge in [0.25, 0.3) is 5.56 Å². The molecule has 0 aliphatic carbocycles. The summed E-state index contributed by atoms with van der Waals surface area (Å²) < 4.78 is 1.50. The van der Waals surface area contributed by atoms with Crippen LogP contribution in [0.2, 0.25) is 0 Å². The van der Waals surface area contributed by atoms with E-state index in [4.69, 9.17) is 5.11 Å². The first-order valence-electron chi connectivity index (χ1n) is 7.21. The fourth-order valence-electron chi connectivity index (χ4n) is 2.32. The zero-order valence-corrected chi connectivity index (χ0v) is 13.5. The monoisotopic (exact) mass is 338 g/mol. The number of nitrogens with zero attached hydrogens (tertiary/aromatic N) is 2. The Bertz CT molecular complexity index is 978. The molecule has 120 valence electrons. The number of aromatic carboxylic acids is 1. The second-order valence-electron chi connectivity index (χ2n) is 5.00. The fourth-order valence-corrected chi connectivity index (χ4v) is 3.07. The summed E-state index contributed by atoms with van der Waals surface area (Å²) in [7, 11) is 0.